The molecule has 270 valence electrons. The van der Waals surface area contributed by atoms with Crippen molar-refractivity contribution in [2.75, 3.05) is 52.1 Å². The van der Waals surface area contributed by atoms with E-state index in [4.69, 9.17) is 37.0 Å². The van der Waals surface area contributed by atoms with Crippen LogP contribution >= 0.6 is 15.2 Å². The van der Waals surface area contributed by atoms with Crippen LogP contribution in [0.15, 0.2) is 36.4 Å². The average molecular weight is 713 g/mol. The molecule has 0 fully saturated rings. The fourth-order valence-corrected chi connectivity index (χ4v) is 9.26. The van der Waals surface area contributed by atoms with Crippen molar-refractivity contribution in [2.24, 2.45) is 0 Å². The van der Waals surface area contributed by atoms with Crippen LogP contribution in [0.2, 0.25) is 0 Å². The molecule has 0 N–H and O–H groups in total. The van der Waals surface area contributed by atoms with Gasteiger partial charge in [-0.05, 0) is 27.7 Å². The van der Waals surface area contributed by atoms with Gasteiger partial charge in [-0.15, -0.1) is 0 Å². The Labute approximate surface area is 286 Å². The van der Waals surface area contributed by atoms with Crippen molar-refractivity contribution in [1.82, 2.24) is 9.80 Å². The normalized spacial score (nSPS) is 17.1. The van der Waals surface area contributed by atoms with E-state index in [-0.39, 0.29) is 39.0 Å². The first kappa shape index (κ1) is 39.0. The van der Waals surface area contributed by atoms with Gasteiger partial charge in [-0.1, -0.05) is 36.4 Å². The molecule has 0 spiro atoms. The molecule has 2 heterocycles. The van der Waals surface area contributed by atoms with Gasteiger partial charge in [0, 0.05) is 76.1 Å². The molecule has 0 unspecified atom stereocenters. The van der Waals surface area contributed by atoms with Crippen LogP contribution in [0.1, 0.15) is 77.6 Å². The summed E-state index contributed by atoms with van der Waals surface area (Å²) in [6.45, 7) is 18.2. The summed E-state index contributed by atoms with van der Waals surface area (Å²) in [6.07, 6.45) is 0.103. The summed E-state index contributed by atoms with van der Waals surface area (Å²) in [5.74, 6) is -0.0542. The van der Waals surface area contributed by atoms with Gasteiger partial charge in [0.15, 0.2) is 0 Å². The van der Waals surface area contributed by atoms with Crippen molar-refractivity contribution in [3.8, 4) is 11.5 Å². The molecule has 48 heavy (non-hydrogen) atoms. The minimum absolute atomic E-state index is 0.0516. The van der Waals surface area contributed by atoms with Crippen molar-refractivity contribution in [1.29, 1.82) is 0 Å². The van der Waals surface area contributed by atoms with E-state index < -0.39 is 26.8 Å². The maximum Gasteiger partial charge on any atom is 0.344 e. The number of fused-ring (bicyclic) bond motifs is 2. The molecule has 0 aliphatic carbocycles. The van der Waals surface area contributed by atoms with Gasteiger partial charge in [0.05, 0.1) is 39.6 Å². The fraction of sp³-hybridized carbons (Fsp3) is 0.647. The van der Waals surface area contributed by atoms with E-state index in [2.05, 4.69) is 0 Å². The second-order valence-electron chi connectivity index (χ2n) is 12.7. The minimum Gasteiger partial charge on any atom is -0.462 e. The third-order valence-electron chi connectivity index (χ3n) is 7.77. The van der Waals surface area contributed by atoms with Crippen molar-refractivity contribution in [3.05, 3.63) is 58.7 Å². The molecule has 2 aliphatic rings. The Kier molecular flexibility index (Phi) is 13.7. The first-order valence-electron chi connectivity index (χ1n) is 16.8. The predicted octanol–water partition coefficient (Wildman–Crippen LogP) is 7.73. The van der Waals surface area contributed by atoms with Crippen LogP contribution in [0.25, 0.3) is 0 Å². The summed E-state index contributed by atoms with van der Waals surface area (Å²) in [6, 6.07) is 11.9. The molecule has 2 aromatic rings. The Hall–Kier alpha value is -1.82. The van der Waals surface area contributed by atoms with Crippen molar-refractivity contribution in [2.45, 2.75) is 93.3 Å². The van der Waals surface area contributed by atoms with E-state index >= 15 is 0 Å². The Morgan fingerprint density at radius 1 is 0.625 bits per heavy atom. The van der Waals surface area contributed by atoms with Crippen LogP contribution in [0.4, 0.5) is 0 Å². The zero-order chi connectivity index (χ0) is 35.0. The number of para-hydroxylation sites is 2. The molecule has 2 aliphatic heterocycles. The fourth-order valence-electron chi connectivity index (χ4n) is 5.75. The summed E-state index contributed by atoms with van der Waals surface area (Å²) in [5.41, 5.74) is 3.75. The molecule has 14 heteroatoms. The highest BCUT2D eigenvalue weighted by Crippen LogP contribution is 2.50. The van der Waals surface area contributed by atoms with E-state index in [1.54, 1.807) is 27.7 Å². The van der Waals surface area contributed by atoms with Crippen LogP contribution in [0.5, 0.6) is 11.5 Å². The molecule has 0 atom stereocenters. The number of nitrogens with zero attached hydrogens (tertiary/aromatic N) is 2. The molecule has 12 nitrogen and oxygen atoms in total. The summed E-state index contributed by atoms with van der Waals surface area (Å²) in [4.78, 5) is 4.08. The number of rotatable bonds is 19. The molecule has 0 radical (unpaired) electrons. The van der Waals surface area contributed by atoms with E-state index in [1.165, 1.54) is 0 Å². The summed E-state index contributed by atoms with van der Waals surface area (Å²) in [7, 11) is -6.96. The summed E-state index contributed by atoms with van der Waals surface area (Å²) in [5, 5.41) is 0. The van der Waals surface area contributed by atoms with Crippen LogP contribution < -0.4 is 9.47 Å². The summed E-state index contributed by atoms with van der Waals surface area (Å²) >= 11 is 0. The largest absolute Gasteiger partial charge is 0.462 e. The molecule has 0 saturated carbocycles. The van der Waals surface area contributed by atoms with Gasteiger partial charge in [0.25, 0.3) is 0 Å². The predicted molar refractivity (Wildman–Crippen MR) is 184 cm³/mol. The van der Waals surface area contributed by atoms with Gasteiger partial charge in [-0.2, -0.15) is 0 Å². The van der Waals surface area contributed by atoms with E-state index in [0.29, 0.717) is 39.4 Å². The Bertz CT molecular complexity index is 1330. The Morgan fingerprint density at radius 2 is 0.979 bits per heavy atom. The van der Waals surface area contributed by atoms with Gasteiger partial charge < -0.3 is 37.0 Å². The van der Waals surface area contributed by atoms with Crippen LogP contribution in [0, 0.1) is 0 Å². The number of benzene rings is 2. The van der Waals surface area contributed by atoms with Crippen LogP contribution in [-0.4, -0.2) is 73.5 Å². The third kappa shape index (κ3) is 10.8. The lowest BCUT2D eigenvalue weighted by Gasteiger charge is -2.36. The minimum atomic E-state index is -3.48. The monoisotopic (exact) mass is 712 g/mol. The molecular formula is C34H54N2O10P2. The zero-order valence-electron chi connectivity index (χ0n) is 29.8. The lowest BCUT2D eigenvalue weighted by atomic mass is 10.1. The van der Waals surface area contributed by atoms with Crippen molar-refractivity contribution in [3.63, 3.8) is 0 Å². The van der Waals surface area contributed by atoms with Crippen molar-refractivity contribution >= 4 is 15.2 Å². The quantitative estimate of drug-likeness (QED) is 0.133. The maximum absolute atomic E-state index is 13.9. The number of hydrogen-bond donors (Lipinski definition) is 0. The third-order valence-corrected chi connectivity index (χ3v) is 11.9. The highest BCUT2D eigenvalue weighted by Gasteiger charge is 2.34. The highest BCUT2D eigenvalue weighted by atomic mass is 31.2. The van der Waals surface area contributed by atoms with Crippen LogP contribution in [-0.2, 0) is 63.0 Å². The number of hydrogen-bond acceptors (Lipinski definition) is 12. The number of ether oxygens (including phenoxy) is 4. The first-order valence-corrected chi connectivity index (χ1v) is 20.3. The van der Waals surface area contributed by atoms with Gasteiger partial charge in [-0.25, -0.2) is 0 Å². The molecule has 0 bridgehead atoms. The van der Waals surface area contributed by atoms with Gasteiger partial charge in [0.2, 0.25) is 11.6 Å². The first-order chi connectivity index (χ1) is 22.7. The molecule has 4 rings (SSSR count). The second kappa shape index (κ2) is 16.9. The zero-order valence-corrected chi connectivity index (χ0v) is 31.6. The molecule has 2 aromatic carbocycles. The van der Waals surface area contributed by atoms with E-state index in [9.17, 15) is 9.13 Å². The average Bonchev–Trinajstić information content (AvgIpc) is 3.00. The topological polar surface area (TPSA) is 114 Å². The standard InChI is InChI=1S/C34H54N2O10P2/c1-9-41-47(37,42-10-2)25-35(21-27-15-13-17-29-23-39-33(5,6)45-31(27)29)19-20-36(26-48(38,43-11-3)44-12-4)22-28-16-14-18-30-24-40-34(7,8)46-32(28)30/h13-18H,9-12,19-26H2,1-8H3. The molecule has 0 saturated heterocycles. The summed E-state index contributed by atoms with van der Waals surface area (Å²) < 4.78 is 75.0. The molecule has 0 aromatic heterocycles. The van der Waals surface area contributed by atoms with Gasteiger partial charge in [0.1, 0.15) is 24.1 Å². The maximum atomic E-state index is 13.9. The van der Waals surface area contributed by atoms with Gasteiger partial charge >= 0.3 is 15.2 Å². The van der Waals surface area contributed by atoms with E-state index in [1.807, 2.05) is 73.9 Å². The lowest BCUT2D eigenvalue weighted by Crippen LogP contribution is -2.39. The van der Waals surface area contributed by atoms with Crippen LogP contribution in [0.3, 0.4) is 0 Å². The lowest BCUT2D eigenvalue weighted by molar-refractivity contribution is -0.181. The SMILES string of the molecule is CCOP(=O)(CN(CCN(Cc1cccc2c1OC(C)(C)OC2)CP(=O)(OCC)OCC)Cc1cccc2c1OC(C)(C)OC2)OCC. The molecule has 0 amide bonds. The smallest absolute Gasteiger partial charge is 0.344 e. The highest BCUT2D eigenvalue weighted by molar-refractivity contribution is 7.54. The van der Waals surface area contributed by atoms with Gasteiger partial charge in [-0.3, -0.25) is 18.9 Å². The van der Waals surface area contributed by atoms with Crippen molar-refractivity contribution < 1.29 is 46.2 Å². The van der Waals surface area contributed by atoms with E-state index in [0.717, 1.165) is 33.8 Å². The Morgan fingerprint density at radius 3 is 1.31 bits per heavy atom. The Balaban J connectivity index is 1.67. The second-order valence-corrected chi connectivity index (χ2v) is 16.7. The molecular weight excluding hydrogens is 658 g/mol.